The van der Waals surface area contributed by atoms with Crippen LogP contribution in [0.25, 0.3) is 0 Å². The van der Waals surface area contributed by atoms with Crippen LogP contribution >= 0.6 is 11.8 Å². The van der Waals surface area contributed by atoms with Gasteiger partial charge in [-0.25, -0.2) is 4.98 Å². The van der Waals surface area contributed by atoms with Gasteiger partial charge in [-0.2, -0.15) is 17.0 Å². The van der Waals surface area contributed by atoms with Crippen molar-refractivity contribution in [3.05, 3.63) is 27.9 Å². The zero-order chi connectivity index (χ0) is 10.6. The average Bonchev–Trinajstić information content (AvgIpc) is 2.15. The SMILES string of the molecule is CC(C)SCc1ncc(C#N)c(=O)[nH]1. The van der Waals surface area contributed by atoms with Gasteiger partial charge < -0.3 is 4.98 Å². The number of nitrogens with zero attached hydrogens (tertiary/aromatic N) is 2. The topological polar surface area (TPSA) is 69.5 Å². The lowest BCUT2D eigenvalue weighted by atomic mass is 10.4. The maximum atomic E-state index is 11.2. The zero-order valence-corrected chi connectivity index (χ0v) is 8.89. The van der Waals surface area contributed by atoms with Crippen molar-refractivity contribution < 1.29 is 0 Å². The fourth-order valence-corrected chi connectivity index (χ4v) is 1.47. The summed E-state index contributed by atoms with van der Waals surface area (Å²) < 4.78 is 0. The normalized spacial score (nSPS) is 10.1. The maximum absolute atomic E-state index is 11.2. The molecule has 0 aliphatic heterocycles. The number of aromatic nitrogens is 2. The number of aromatic amines is 1. The molecule has 0 unspecified atom stereocenters. The minimum absolute atomic E-state index is 0.0586. The second-order valence-corrected chi connectivity index (χ2v) is 4.61. The van der Waals surface area contributed by atoms with E-state index < -0.39 is 0 Å². The Morgan fingerprint density at radius 2 is 2.43 bits per heavy atom. The molecule has 0 fully saturated rings. The van der Waals surface area contributed by atoms with Crippen LogP contribution < -0.4 is 5.56 Å². The lowest BCUT2D eigenvalue weighted by molar-refractivity contribution is 0.986. The highest BCUT2D eigenvalue weighted by atomic mass is 32.2. The highest BCUT2D eigenvalue weighted by Gasteiger charge is 2.02. The third kappa shape index (κ3) is 2.89. The van der Waals surface area contributed by atoms with Crippen molar-refractivity contribution in [1.29, 1.82) is 5.26 Å². The summed E-state index contributed by atoms with van der Waals surface area (Å²) in [5.41, 5.74) is -0.301. The summed E-state index contributed by atoms with van der Waals surface area (Å²) in [4.78, 5) is 17.7. The van der Waals surface area contributed by atoms with E-state index in [0.29, 0.717) is 16.8 Å². The Labute approximate surface area is 86.4 Å². The van der Waals surface area contributed by atoms with Gasteiger partial charge in [-0.15, -0.1) is 0 Å². The number of hydrogen-bond donors (Lipinski definition) is 1. The lowest BCUT2D eigenvalue weighted by Gasteiger charge is -2.03. The van der Waals surface area contributed by atoms with E-state index >= 15 is 0 Å². The van der Waals surface area contributed by atoms with Crippen LogP contribution in [0.15, 0.2) is 11.0 Å². The molecule has 5 heteroatoms. The lowest BCUT2D eigenvalue weighted by Crippen LogP contribution is -2.13. The Hall–Kier alpha value is -1.28. The molecule has 0 saturated carbocycles. The molecule has 0 saturated heterocycles. The molecular weight excluding hydrogens is 198 g/mol. The third-order valence-corrected chi connectivity index (χ3v) is 2.63. The van der Waals surface area contributed by atoms with Gasteiger partial charge in [0.1, 0.15) is 17.5 Å². The third-order valence-electron chi connectivity index (χ3n) is 1.53. The van der Waals surface area contributed by atoms with E-state index in [0.717, 1.165) is 0 Å². The maximum Gasteiger partial charge on any atom is 0.268 e. The molecule has 4 nitrogen and oxygen atoms in total. The minimum atomic E-state index is -0.359. The predicted octanol–water partition coefficient (Wildman–Crippen LogP) is 1.28. The molecular formula is C9H11N3OS. The number of rotatable bonds is 3. The van der Waals surface area contributed by atoms with E-state index in [1.807, 2.05) is 0 Å². The summed E-state index contributed by atoms with van der Waals surface area (Å²) in [6.45, 7) is 4.15. The van der Waals surface area contributed by atoms with E-state index in [1.165, 1.54) is 6.20 Å². The Kier molecular flexibility index (Phi) is 3.72. The first kappa shape index (κ1) is 10.8. The molecule has 0 amide bonds. The molecule has 1 heterocycles. The first-order valence-electron chi connectivity index (χ1n) is 4.23. The van der Waals surface area contributed by atoms with E-state index in [4.69, 9.17) is 5.26 Å². The largest absolute Gasteiger partial charge is 0.309 e. The predicted molar refractivity (Wildman–Crippen MR) is 56.0 cm³/mol. The van der Waals surface area contributed by atoms with Crippen molar-refractivity contribution in [3.8, 4) is 6.07 Å². The highest BCUT2D eigenvalue weighted by molar-refractivity contribution is 7.99. The Morgan fingerprint density at radius 3 is 2.93 bits per heavy atom. The number of hydrogen-bond acceptors (Lipinski definition) is 4. The number of nitriles is 1. The summed E-state index contributed by atoms with van der Waals surface area (Å²) >= 11 is 1.69. The van der Waals surface area contributed by atoms with E-state index in [1.54, 1.807) is 17.8 Å². The second kappa shape index (κ2) is 4.82. The highest BCUT2D eigenvalue weighted by Crippen LogP contribution is 2.13. The summed E-state index contributed by atoms with van der Waals surface area (Å²) in [6.07, 6.45) is 1.31. The van der Waals surface area contributed by atoms with Crippen LogP contribution in [0.2, 0.25) is 0 Å². The molecule has 1 rings (SSSR count). The minimum Gasteiger partial charge on any atom is -0.309 e. The summed E-state index contributed by atoms with van der Waals surface area (Å²) in [5.74, 6) is 1.28. The standard InChI is InChI=1S/C9H11N3OS/c1-6(2)14-5-8-11-4-7(3-10)9(13)12-8/h4,6H,5H2,1-2H3,(H,11,12,13). The van der Waals surface area contributed by atoms with Crippen LogP contribution in [0.3, 0.4) is 0 Å². The summed E-state index contributed by atoms with van der Waals surface area (Å²) in [6, 6.07) is 1.77. The van der Waals surface area contributed by atoms with Crippen molar-refractivity contribution in [2.75, 3.05) is 0 Å². The van der Waals surface area contributed by atoms with Gasteiger partial charge >= 0.3 is 0 Å². The fraction of sp³-hybridized carbons (Fsp3) is 0.444. The first-order valence-corrected chi connectivity index (χ1v) is 5.28. The molecule has 74 valence electrons. The number of thioether (sulfide) groups is 1. The van der Waals surface area contributed by atoms with Crippen LogP contribution in [-0.4, -0.2) is 15.2 Å². The van der Waals surface area contributed by atoms with Gasteiger partial charge in [0.25, 0.3) is 5.56 Å². The second-order valence-electron chi connectivity index (χ2n) is 3.04. The molecule has 0 atom stereocenters. The van der Waals surface area contributed by atoms with E-state index in [-0.39, 0.29) is 11.1 Å². The van der Waals surface area contributed by atoms with Crippen LogP contribution in [0.1, 0.15) is 25.2 Å². The van der Waals surface area contributed by atoms with Gasteiger partial charge in [-0.05, 0) is 5.25 Å². The van der Waals surface area contributed by atoms with Gasteiger partial charge in [0.15, 0.2) is 0 Å². The van der Waals surface area contributed by atoms with Crippen LogP contribution in [0, 0.1) is 11.3 Å². The first-order chi connectivity index (χ1) is 6.63. The molecule has 0 radical (unpaired) electrons. The molecule has 14 heavy (non-hydrogen) atoms. The van der Waals surface area contributed by atoms with Gasteiger partial charge in [0.05, 0.1) is 11.9 Å². The van der Waals surface area contributed by atoms with E-state index in [2.05, 4.69) is 23.8 Å². The molecule has 0 spiro atoms. The molecule has 0 aromatic carbocycles. The number of H-pyrrole nitrogens is 1. The van der Waals surface area contributed by atoms with Crippen LogP contribution in [-0.2, 0) is 5.75 Å². The van der Waals surface area contributed by atoms with Crippen molar-refractivity contribution in [3.63, 3.8) is 0 Å². The monoisotopic (exact) mass is 209 g/mol. The molecule has 1 N–H and O–H groups in total. The zero-order valence-electron chi connectivity index (χ0n) is 8.07. The molecule has 0 bridgehead atoms. The Balaban J connectivity index is 2.78. The molecule has 1 aromatic rings. The summed E-state index contributed by atoms with van der Waals surface area (Å²) in [7, 11) is 0. The fourth-order valence-electron chi connectivity index (χ4n) is 0.830. The van der Waals surface area contributed by atoms with Crippen molar-refractivity contribution in [2.24, 2.45) is 0 Å². The van der Waals surface area contributed by atoms with Gasteiger partial charge in [0, 0.05) is 0 Å². The van der Waals surface area contributed by atoms with Crippen LogP contribution in [0.5, 0.6) is 0 Å². The average molecular weight is 209 g/mol. The molecule has 0 aliphatic rings. The number of nitrogens with one attached hydrogen (secondary N) is 1. The van der Waals surface area contributed by atoms with Crippen LogP contribution in [0.4, 0.5) is 0 Å². The quantitative estimate of drug-likeness (QED) is 0.814. The Bertz CT molecular complexity index is 405. The Morgan fingerprint density at radius 1 is 1.71 bits per heavy atom. The van der Waals surface area contributed by atoms with Gasteiger partial charge in [-0.3, -0.25) is 4.79 Å². The molecule has 0 aliphatic carbocycles. The van der Waals surface area contributed by atoms with Crippen molar-refractivity contribution in [2.45, 2.75) is 24.9 Å². The molecule has 1 aromatic heterocycles. The van der Waals surface area contributed by atoms with E-state index in [9.17, 15) is 4.79 Å². The van der Waals surface area contributed by atoms with Crippen molar-refractivity contribution in [1.82, 2.24) is 9.97 Å². The van der Waals surface area contributed by atoms with Crippen molar-refractivity contribution >= 4 is 11.8 Å². The summed E-state index contributed by atoms with van der Waals surface area (Å²) in [5, 5.41) is 9.01. The smallest absolute Gasteiger partial charge is 0.268 e. The van der Waals surface area contributed by atoms with Gasteiger partial charge in [0.2, 0.25) is 0 Å². The van der Waals surface area contributed by atoms with Gasteiger partial charge in [-0.1, -0.05) is 13.8 Å².